The first-order chi connectivity index (χ1) is 9.04. The largest absolute Gasteiger partial charge is 0.327 e. The molecule has 3 heteroatoms. The molecule has 19 heavy (non-hydrogen) atoms. The number of fused-ring (bicyclic) bond motifs is 2. The summed E-state index contributed by atoms with van der Waals surface area (Å²) >= 11 is 0. The third-order valence-electron chi connectivity index (χ3n) is 4.77. The highest BCUT2D eigenvalue weighted by Gasteiger charge is 2.49. The van der Waals surface area contributed by atoms with Gasteiger partial charge in [-0.3, -0.25) is 4.79 Å². The number of rotatable bonds is 2. The van der Waals surface area contributed by atoms with Crippen LogP contribution in [0.3, 0.4) is 0 Å². The molecule has 2 saturated carbocycles. The zero-order valence-electron chi connectivity index (χ0n) is 11.6. The van der Waals surface area contributed by atoms with E-state index in [4.69, 9.17) is 5.73 Å². The van der Waals surface area contributed by atoms with Gasteiger partial charge in [-0.2, -0.15) is 0 Å². The van der Waals surface area contributed by atoms with E-state index in [2.05, 4.69) is 11.4 Å². The highest BCUT2D eigenvalue weighted by atomic mass is 16.2. The van der Waals surface area contributed by atoms with E-state index in [1.165, 1.54) is 24.0 Å². The van der Waals surface area contributed by atoms with E-state index in [1.54, 1.807) is 0 Å². The van der Waals surface area contributed by atoms with Crippen molar-refractivity contribution in [2.45, 2.75) is 39.2 Å². The van der Waals surface area contributed by atoms with Gasteiger partial charge < -0.3 is 11.1 Å². The van der Waals surface area contributed by atoms with E-state index in [0.29, 0.717) is 11.8 Å². The molecule has 3 nitrogen and oxygen atoms in total. The summed E-state index contributed by atoms with van der Waals surface area (Å²) in [4.78, 5) is 12.4. The minimum atomic E-state index is 0.0135. The predicted molar refractivity (Wildman–Crippen MR) is 76.8 cm³/mol. The van der Waals surface area contributed by atoms with Crippen LogP contribution in [0.1, 0.15) is 30.4 Å². The number of nitrogens with one attached hydrogen (secondary N) is 1. The Kier molecular flexibility index (Phi) is 3.09. The second kappa shape index (κ2) is 4.64. The lowest BCUT2D eigenvalue weighted by Crippen LogP contribution is -2.42. The Labute approximate surface area is 114 Å². The van der Waals surface area contributed by atoms with Crippen molar-refractivity contribution in [1.29, 1.82) is 0 Å². The van der Waals surface area contributed by atoms with Crippen LogP contribution in [-0.2, 0) is 4.79 Å². The molecule has 4 atom stereocenters. The molecular weight excluding hydrogens is 236 g/mol. The van der Waals surface area contributed by atoms with Crippen LogP contribution in [0, 0.1) is 31.6 Å². The SMILES string of the molecule is Cc1cc(C)cc(NC(=O)C2C3CCC(C3)C2N)c1. The lowest BCUT2D eigenvalue weighted by atomic mass is 9.84. The standard InChI is InChI=1S/C16H22N2O/c1-9-5-10(2)7-13(6-9)18-16(19)14-11-3-4-12(8-11)15(14)17/h5-7,11-12,14-15H,3-4,8,17H2,1-2H3,(H,18,19). The van der Waals surface area contributed by atoms with Crippen molar-refractivity contribution in [3.05, 3.63) is 29.3 Å². The first-order valence-corrected chi connectivity index (χ1v) is 7.19. The van der Waals surface area contributed by atoms with Crippen molar-refractivity contribution in [3.8, 4) is 0 Å². The molecule has 0 aliphatic heterocycles. The fraction of sp³-hybridized carbons (Fsp3) is 0.562. The summed E-state index contributed by atoms with van der Waals surface area (Å²) in [5.41, 5.74) is 9.47. The first kappa shape index (κ1) is 12.7. The topological polar surface area (TPSA) is 55.1 Å². The summed E-state index contributed by atoms with van der Waals surface area (Å²) < 4.78 is 0. The van der Waals surface area contributed by atoms with Crippen molar-refractivity contribution < 1.29 is 4.79 Å². The fourth-order valence-electron chi connectivity index (χ4n) is 4.00. The smallest absolute Gasteiger partial charge is 0.229 e. The Morgan fingerprint density at radius 3 is 2.37 bits per heavy atom. The van der Waals surface area contributed by atoms with Gasteiger partial charge in [-0.15, -0.1) is 0 Å². The Balaban J connectivity index is 1.75. The number of hydrogen-bond donors (Lipinski definition) is 2. The van der Waals surface area contributed by atoms with Gasteiger partial charge in [-0.05, 0) is 68.2 Å². The molecule has 0 radical (unpaired) electrons. The number of benzene rings is 1. The number of carbonyl (C=O) groups excluding carboxylic acids is 1. The van der Waals surface area contributed by atoms with Gasteiger partial charge in [0, 0.05) is 11.7 Å². The molecule has 1 aromatic rings. The van der Waals surface area contributed by atoms with E-state index in [-0.39, 0.29) is 17.9 Å². The average Bonchev–Trinajstić information content (AvgIpc) is 2.87. The third kappa shape index (κ3) is 2.27. The molecule has 2 aliphatic carbocycles. The van der Waals surface area contributed by atoms with Crippen LogP contribution in [0.2, 0.25) is 0 Å². The van der Waals surface area contributed by atoms with Crippen molar-refractivity contribution in [2.24, 2.45) is 23.5 Å². The van der Waals surface area contributed by atoms with Crippen LogP contribution < -0.4 is 11.1 Å². The maximum atomic E-state index is 12.4. The Hall–Kier alpha value is -1.35. The van der Waals surface area contributed by atoms with Crippen molar-refractivity contribution in [3.63, 3.8) is 0 Å². The molecule has 102 valence electrons. The van der Waals surface area contributed by atoms with Crippen molar-refractivity contribution in [2.75, 3.05) is 5.32 Å². The Bertz CT molecular complexity index is 489. The van der Waals surface area contributed by atoms with Gasteiger partial charge >= 0.3 is 0 Å². The van der Waals surface area contributed by atoms with E-state index in [9.17, 15) is 4.79 Å². The zero-order chi connectivity index (χ0) is 13.6. The van der Waals surface area contributed by atoms with Gasteiger partial charge in [-0.1, -0.05) is 6.07 Å². The van der Waals surface area contributed by atoms with Gasteiger partial charge in [-0.25, -0.2) is 0 Å². The molecule has 0 heterocycles. The molecular formula is C16H22N2O. The normalized spacial score (nSPS) is 32.6. The summed E-state index contributed by atoms with van der Waals surface area (Å²) in [7, 11) is 0. The van der Waals surface area contributed by atoms with Crippen molar-refractivity contribution >= 4 is 11.6 Å². The van der Waals surface area contributed by atoms with Gasteiger partial charge in [0.05, 0.1) is 5.92 Å². The van der Waals surface area contributed by atoms with E-state index in [1.807, 2.05) is 26.0 Å². The van der Waals surface area contributed by atoms with Crippen LogP contribution in [0.5, 0.6) is 0 Å². The Morgan fingerprint density at radius 1 is 1.16 bits per heavy atom. The first-order valence-electron chi connectivity index (χ1n) is 7.19. The molecule has 2 fully saturated rings. The van der Waals surface area contributed by atoms with E-state index < -0.39 is 0 Å². The summed E-state index contributed by atoms with van der Waals surface area (Å²) in [5.74, 6) is 1.20. The second-order valence-corrected chi connectivity index (χ2v) is 6.30. The highest BCUT2D eigenvalue weighted by molar-refractivity contribution is 5.93. The zero-order valence-corrected chi connectivity index (χ0v) is 11.6. The maximum absolute atomic E-state index is 12.4. The van der Waals surface area contributed by atoms with Crippen LogP contribution in [-0.4, -0.2) is 11.9 Å². The van der Waals surface area contributed by atoms with Gasteiger partial charge in [0.15, 0.2) is 0 Å². The average molecular weight is 258 g/mol. The van der Waals surface area contributed by atoms with Crippen LogP contribution in [0.15, 0.2) is 18.2 Å². The lowest BCUT2D eigenvalue weighted by molar-refractivity contribution is -0.121. The molecule has 2 aliphatic rings. The summed E-state index contributed by atoms with van der Waals surface area (Å²) in [6.07, 6.45) is 3.52. The predicted octanol–water partition coefficient (Wildman–Crippen LogP) is 2.62. The minimum absolute atomic E-state index is 0.0135. The monoisotopic (exact) mass is 258 g/mol. The Morgan fingerprint density at radius 2 is 1.79 bits per heavy atom. The fourth-order valence-corrected chi connectivity index (χ4v) is 4.00. The molecule has 0 saturated heterocycles. The van der Waals surface area contributed by atoms with Gasteiger partial charge in [0.2, 0.25) is 5.91 Å². The van der Waals surface area contributed by atoms with Crippen molar-refractivity contribution in [1.82, 2.24) is 0 Å². The maximum Gasteiger partial charge on any atom is 0.229 e. The van der Waals surface area contributed by atoms with E-state index >= 15 is 0 Å². The van der Waals surface area contributed by atoms with E-state index in [0.717, 1.165) is 12.1 Å². The molecule has 3 rings (SSSR count). The number of carbonyl (C=O) groups is 1. The molecule has 4 unspecified atom stereocenters. The third-order valence-corrected chi connectivity index (χ3v) is 4.77. The number of hydrogen-bond acceptors (Lipinski definition) is 2. The molecule has 1 aromatic carbocycles. The van der Waals surface area contributed by atoms with Crippen LogP contribution in [0.25, 0.3) is 0 Å². The minimum Gasteiger partial charge on any atom is -0.327 e. The molecule has 0 spiro atoms. The van der Waals surface area contributed by atoms with Gasteiger partial charge in [0.25, 0.3) is 0 Å². The molecule has 1 amide bonds. The van der Waals surface area contributed by atoms with Crippen LogP contribution in [0.4, 0.5) is 5.69 Å². The summed E-state index contributed by atoms with van der Waals surface area (Å²) in [6, 6.07) is 6.20. The lowest BCUT2D eigenvalue weighted by Gasteiger charge is -2.27. The highest BCUT2D eigenvalue weighted by Crippen LogP contribution is 2.47. The second-order valence-electron chi connectivity index (χ2n) is 6.30. The summed E-state index contributed by atoms with van der Waals surface area (Å²) in [5, 5.41) is 3.06. The quantitative estimate of drug-likeness (QED) is 0.856. The van der Waals surface area contributed by atoms with Crippen LogP contribution >= 0.6 is 0 Å². The number of nitrogens with two attached hydrogens (primary N) is 1. The molecule has 3 N–H and O–H groups in total. The molecule has 0 aromatic heterocycles. The number of aryl methyl sites for hydroxylation is 2. The van der Waals surface area contributed by atoms with Gasteiger partial charge in [0.1, 0.15) is 0 Å². The number of anilines is 1. The number of amides is 1. The molecule has 2 bridgehead atoms. The summed E-state index contributed by atoms with van der Waals surface area (Å²) in [6.45, 7) is 4.10.